The van der Waals surface area contributed by atoms with Crippen LogP contribution in [0.15, 0.2) is 24.3 Å². The molecule has 24 heavy (non-hydrogen) atoms. The lowest BCUT2D eigenvalue weighted by atomic mass is 9.97. The number of likely N-dealkylation sites (tertiary alicyclic amines) is 1. The number of quaternary nitrogens is 1. The standard InChI is InChI=1S/C18H25FN2O3/c1-3-24-18(23)15-5-4-10-21(12-15)13(2)17(22)20-11-14-6-8-16(19)9-7-14/h6-9,13,15H,3-5,10-12H2,1-2H3,(H,20,22)/p+1/t13-,15-/m0/s1. The summed E-state index contributed by atoms with van der Waals surface area (Å²) in [6.45, 7) is 5.95. The van der Waals surface area contributed by atoms with Crippen LogP contribution in [0.25, 0.3) is 0 Å². The molecule has 1 fully saturated rings. The summed E-state index contributed by atoms with van der Waals surface area (Å²) in [5.41, 5.74) is 0.856. The lowest BCUT2D eigenvalue weighted by Crippen LogP contribution is -3.18. The van der Waals surface area contributed by atoms with Crippen LogP contribution in [-0.2, 0) is 20.9 Å². The van der Waals surface area contributed by atoms with Crippen molar-refractivity contribution in [3.8, 4) is 0 Å². The minimum absolute atomic E-state index is 0.0566. The molecule has 2 rings (SSSR count). The molecule has 1 unspecified atom stereocenters. The zero-order chi connectivity index (χ0) is 17.5. The molecule has 132 valence electrons. The number of esters is 1. The van der Waals surface area contributed by atoms with Crippen molar-refractivity contribution in [3.63, 3.8) is 0 Å². The highest BCUT2D eigenvalue weighted by Gasteiger charge is 2.34. The number of nitrogens with one attached hydrogen (secondary N) is 2. The first-order valence-electron chi connectivity index (χ1n) is 8.54. The number of amides is 1. The van der Waals surface area contributed by atoms with Crippen molar-refractivity contribution in [2.75, 3.05) is 19.7 Å². The molecule has 0 aliphatic carbocycles. The van der Waals surface area contributed by atoms with Crippen molar-refractivity contribution in [2.45, 2.75) is 39.3 Å². The Morgan fingerprint density at radius 2 is 2.08 bits per heavy atom. The lowest BCUT2D eigenvalue weighted by molar-refractivity contribution is -0.921. The van der Waals surface area contributed by atoms with Crippen molar-refractivity contribution < 1.29 is 23.6 Å². The Morgan fingerprint density at radius 1 is 1.38 bits per heavy atom. The van der Waals surface area contributed by atoms with Gasteiger partial charge < -0.3 is 15.0 Å². The molecule has 1 saturated heterocycles. The summed E-state index contributed by atoms with van der Waals surface area (Å²) in [6, 6.07) is 5.84. The number of halogens is 1. The maximum atomic E-state index is 12.9. The predicted octanol–water partition coefficient (Wildman–Crippen LogP) is 0.688. The topological polar surface area (TPSA) is 59.8 Å². The second kappa shape index (κ2) is 8.78. The van der Waals surface area contributed by atoms with Gasteiger partial charge in [-0.3, -0.25) is 9.59 Å². The fraction of sp³-hybridized carbons (Fsp3) is 0.556. The lowest BCUT2D eigenvalue weighted by Gasteiger charge is -2.32. The Balaban J connectivity index is 1.85. The molecule has 1 amide bonds. The Hall–Kier alpha value is -1.95. The molecule has 0 bridgehead atoms. The Kier molecular flexibility index (Phi) is 6.73. The highest BCUT2D eigenvalue weighted by molar-refractivity contribution is 5.80. The fourth-order valence-electron chi connectivity index (χ4n) is 3.08. The molecule has 5 nitrogen and oxygen atoms in total. The van der Waals surface area contributed by atoms with Crippen LogP contribution < -0.4 is 10.2 Å². The minimum Gasteiger partial charge on any atom is -0.466 e. The zero-order valence-corrected chi connectivity index (χ0v) is 14.3. The quantitative estimate of drug-likeness (QED) is 0.751. The van der Waals surface area contributed by atoms with Gasteiger partial charge in [0, 0.05) is 6.54 Å². The molecule has 1 aliphatic rings. The molecule has 1 heterocycles. The van der Waals surface area contributed by atoms with Crippen molar-refractivity contribution in [3.05, 3.63) is 35.6 Å². The Morgan fingerprint density at radius 3 is 2.75 bits per heavy atom. The predicted molar refractivity (Wildman–Crippen MR) is 87.8 cm³/mol. The molecule has 0 radical (unpaired) electrons. The van der Waals surface area contributed by atoms with E-state index in [4.69, 9.17) is 4.74 Å². The van der Waals surface area contributed by atoms with E-state index in [2.05, 4.69) is 5.32 Å². The third-order valence-corrected chi connectivity index (χ3v) is 4.56. The van der Waals surface area contributed by atoms with Crippen LogP contribution in [0.5, 0.6) is 0 Å². The summed E-state index contributed by atoms with van der Waals surface area (Å²) in [4.78, 5) is 25.4. The summed E-state index contributed by atoms with van der Waals surface area (Å²) < 4.78 is 18.0. The van der Waals surface area contributed by atoms with E-state index in [0.29, 0.717) is 19.7 Å². The number of ether oxygens (including phenoxy) is 1. The van der Waals surface area contributed by atoms with Crippen LogP contribution in [0.1, 0.15) is 32.3 Å². The van der Waals surface area contributed by atoms with E-state index < -0.39 is 0 Å². The first-order chi connectivity index (χ1) is 11.5. The van der Waals surface area contributed by atoms with Crippen molar-refractivity contribution in [1.29, 1.82) is 0 Å². The van der Waals surface area contributed by atoms with Crippen molar-refractivity contribution in [2.24, 2.45) is 5.92 Å². The summed E-state index contributed by atoms with van der Waals surface area (Å²) in [6.07, 6.45) is 1.74. The molecule has 0 spiro atoms. The number of carbonyl (C=O) groups is 2. The van der Waals surface area contributed by atoms with Gasteiger partial charge in [-0.1, -0.05) is 12.1 Å². The molecule has 0 aromatic heterocycles. The van der Waals surface area contributed by atoms with Gasteiger partial charge in [0.25, 0.3) is 5.91 Å². The normalized spacial score (nSPS) is 21.8. The van der Waals surface area contributed by atoms with Gasteiger partial charge >= 0.3 is 5.97 Å². The van der Waals surface area contributed by atoms with Crippen LogP contribution in [0.2, 0.25) is 0 Å². The first-order valence-corrected chi connectivity index (χ1v) is 8.54. The highest BCUT2D eigenvalue weighted by atomic mass is 19.1. The van der Waals surface area contributed by atoms with Crippen LogP contribution in [-0.4, -0.2) is 37.6 Å². The fourth-order valence-corrected chi connectivity index (χ4v) is 3.08. The van der Waals surface area contributed by atoms with Gasteiger partial charge in [0.1, 0.15) is 11.7 Å². The molecular weight excluding hydrogens is 311 g/mol. The molecule has 3 atom stereocenters. The number of benzene rings is 1. The SMILES string of the molecule is CCOC(=O)[C@H]1CCC[NH+]([C@@H](C)C(=O)NCc2ccc(F)cc2)C1. The number of carbonyl (C=O) groups excluding carboxylic acids is 2. The van der Waals surface area contributed by atoms with Gasteiger partial charge in [0.15, 0.2) is 6.04 Å². The summed E-state index contributed by atoms with van der Waals surface area (Å²) in [5.74, 6) is -0.630. The van der Waals surface area contributed by atoms with E-state index in [1.807, 2.05) is 6.92 Å². The van der Waals surface area contributed by atoms with Gasteiger partial charge in [-0.05, 0) is 44.4 Å². The van der Waals surface area contributed by atoms with Gasteiger partial charge in [0.2, 0.25) is 0 Å². The summed E-state index contributed by atoms with van der Waals surface area (Å²) >= 11 is 0. The van der Waals surface area contributed by atoms with Gasteiger partial charge in [0.05, 0.1) is 19.7 Å². The minimum atomic E-state index is -0.291. The Bertz CT molecular complexity index is 562. The number of hydrogen-bond acceptors (Lipinski definition) is 3. The number of hydrogen-bond donors (Lipinski definition) is 2. The first kappa shape index (κ1) is 18.4. The number of piperidine rings is 1. The van der Waals surface area contributed by atoms with Gasteiger partial charge in [-0.15, -0.1) is 0 Å². The molecule has 1 aromatic rings. The summed E-state index contributed by atoms with van der Waals surface area (Å²) in [5, 5.41) is 2.89. The van der Waals surface area contributed by atoms with E-state index in [9.17, 15) is 14.0 Å². The zero-order valence-electron chi connectivity index (χ0n) is 14.3. The van der Waals surface area contributed by atoms with Crippen LogP contribution in [0.4, 0.5) is 4.39 Å². The van der Waals surface area contributed by atoms with Crippen LogP contribution in [0.3, 0.4) is 0 Å². The van der Waals surface area contributed by atoms with Gasteiger partial charge in [-0.2, -0.15) is 0 Å². The van der Waals surface area contributed by atoms with Crippen LogP contribution in [0, 0.1) is 11.7 Å². The van der Waals surface area contributed by atoms with Crippen LogP contribution >= 0.6 is 0 Å². The van der Waals surface area contributed by atoms with E-state index in [1.54, 1.807) is 19.1 Å². The average molecular weight is 337 g/mol. The van der Waals surface area contributed by atoms with Gasteiger partial charge in [-0.25, -0.2) is 4.39 Å². The molecule has 1 aliphatic heterocycles. The molecule has 0 saturated carbocycles. The maximum absolute atomic E-state index is 12.9. The number of rotatable bonds is 6. The third kappa shape index (κ3) is 5.03. The molecule has 2 N–H and O–H groups in total. The third-order valence-electron chi connectivity index (χ3n) is 4.56. The summed E-state index contributed by atoms with van der Waals surface area (Å²) in [7, 11) is 0. The molecular formula is C18H26FN2O3+. The molecule has 1 aromatic carbocycles. The maximum Gasteiger partial charge on any atom is 0.314 e. The Labute approximate surface area is 142 Å². The second-order valence-electron chi connectivity index (χ2n) is 6.27. The van der Waals surface area contributed by atoms with E-state index in [-0.39, 0.29) is 29.7 Å². The van der Waals surface area contributed by atoms with E-state index >= 15 is 0 Å². The highest BCUT2D eigenvalue weighted by Crippen LogP contribution is 2.10. The van der Waals surface area contributed by atoms with E-state index in [1.165, 1.54) is 12.1 Å². The smallest absolute Gasteiger partial charge is 0.314 e. The molecule has 6 heteroatoms. The largest absolute Gasteiger partial charge is 0.466 e. The monoisotopic (exact) mass is 337 g/mol. The second-order valence-corrected chi connectivity index (χ2v) is 6.27. The van der Waals surface area contributed by atoms with E-state index in [0.717, 1.165) is 29.8 Å². The van der Waals surface area contributed by atoms with Crippen molar-refractivity contribution >= 4 is 11.9 Å². The van der Waals surface area contributed by atoms with Crippen molar-refractivity contribution in [1.82, 2.24) is 5.32 Å². The average Bonchev–Trinajstić information content (AvgIpc) is 2.60.